The molecule has 20 heavy (non-hydrogen) atoms. The summed E-state index contributed by atoms with van der Waals surface area (Å²) in [5, 5.41) is 0.562. The van der Waals surface area contributed by atoms with E-state index in [9.17, 15) is 9.59 Å². The maximum Gasteiger partial charge on any atom is 0.311 e. The summed E-state index contributed by atoms with van der Waals surface area (Å²) in [6.07, 6.45) is 3.54. The third kappa shape index (κ3) is 6.00. The maximum absolute atomic E-state index is 12.3. The molecule has 1 saturated carbocycles. The topological polar surface area (TPSA) is 43.4 Å². The minimum absolute atomic E-state index is 0.0398. The van der Waals surface area contributed by atoms with Crippen LogP contribution in [0.2, 0.25) is 25.7 Å². The van der Waals surface area contributed by atoms with E-state index in [1.165, 1.54) is 11.8 Å². The molecule has 0 atom stereocenters. The zero-order valence-corrected chi connectivity index (χ0v) is 15.3. The van der Waals surface area contributed by atoms with Crippen LogP contribution in [0.25, 0.3) is 0 Å². The fourth-order valence-corrected chi connectivity index (χ4v) is 4.06. The molecule has 0 aromatic rings. The molecular weight excluding hydrogens is 288 g/mol. The van der Waals surface area contributed by atoms with Crippen LogP contribution in [0.15, 0.2) is 0 Å². The molecule has 0 unspecified atom stereocenters. The van der Waals surface area contributed by atoms with Crippen LogP contribution in [0, 0.1) is 5.41 Å². The number of carbonyl (C=O) groups excluding carboxylic acids is 2. The van der Waals surface area contributed by atoms with Gasteiger partial charge in [-0.1, -0.05) is 31.4 Å². The summed E-state index contributed by atoms with van der Waals surface area (Å²) in [5.74, 6) is -0.0398. The zero-order valence-electron chi connectivity index (χ0n) is 13.5. The van der Waals surface area contributed by atoms with Gasteiger partial charge in [0, 0.05) is 20.2 Å². The number of thioether (sulfide) groups is 1. The average molecular weight is 317 g/mol. The monoisotopic (exact) mass is 316 g/mol. The highest BCUT2D eigenvalue weighted by Crippen LogP contribution is 2.41. The van der Waals surface area contributed by atoms with Gasteiger partial charge in [0.1, 0.15) is 0 Å². The van der Waals surface area contributed by atoms with Crippen molar-refractivity contribution in [1.29, 1.82) is 0 Å². The highest BCUT2D eigenvalue weighted by molar-refractivity contribution is 8.14. The Morgan fingerprint density at radius 3 is 2.25 bits per heavy atom. The van der Waals surface area contributed by atoms with Crippen molar-refractivity contribution < 1.29 is 14.3 Å². The predicted molar refractivity (Wildman–Crippen MR) is 87.7 cm³/mol. The van der Waals surface area contributed by atoms with Crippen LogP contribution in [-0.4, -0.2) is 31.0 Å². The number of rotatable bonds is 5. The van der Waals surface area contributed by atoms with E-state index in [1.807, 2.05) is 6.92 Å². The van der Waals surface area contributed by atoms with E-state index < -0.39 is 8.07 Å². The second-order valence-electron chi connectivity index (χ2n) is 7.32. The molecule has 0 amide bonds. The maximum atomic E-state index is 12.3. The molecule has 0 saturated heterocycles. The molecule has 5 heteroatoms. The summed E-state index contributed by atoms with van der Waals surface area (Å²) in [7, 11) is -1.15. The van der Waals surface area contributed by atoms with Crippen molar-refractivity contribution in [3.63, 3.8) is 0 Å². The summed E-state index contributed by atoms with van der Waals surface area (Å²) in [6.45, 7) is 11.0. The number of esters is 1. The first-order chi connectivity index (χ1) is 9.12. The van der Waals surface area contributed by atoms with Gasteiger partial charge in [-0.15, -0.1) is 0 Å². The lowest BCUT2D eigenvalue weighted by atomic mass is 9.75. The molecule has 116 valence electrons. The zero-order chi connectivity index (χ0) is 15.4. The first-order valence-corrected chi connectivity index (χ1v) is 12.1. The summed E-state index contributed by atoms with van der Waals surface area (Å²) in [4.78, 5) is 23.4. The Kier molecular flexibility index (Phi) is 6.32. The van der Waals surface area contributed by atoms with E-state index in [2.05, 4.69) is 19.6 Å². The van der Waals surface area contributed by atoms with Crippen LogP contribution in [0.3, 0.4) is 0 Å². The van der Waals surface area contributed by atoms with E-state index in [1.54, 1.807) is 6.92 Å². The van der Waals surface area contributed by atoms with E-state index in [4.69, 9.17) is 4.74 Å². The molecule has 3 nitrogen and oxygen atoms in total. The van der Waals surface area contributed by atoms with Crippen molar-refractivity contribution >= 4 is 30.9 Å². The standard InChI is InChI=1S/C15H28O3SSi/c1-12(16)19-13-6-8-15(2,9-7-13)14(17)18-10-11-20(3,4)5/h13H,6-11H2,1-5H3. The first kappa shape index (κ1) is 17.8. The molecule has 0 aromatic heterocycles. The molecule has 0 heterocycles. The summed E-state index contributed by atoms with van der Waals surface area (Å²) in [5.41, 5.74) is -0.340. The normalized spacial score (nSPS) is 27.1. The Labute approximate surface area is 128 Å². The fourth-order valence-electron chi connectivity index (χ4n) is 2.41. The number of carbonyl (C=O) groups is 2. The molecule has 0 radical (unpaired) electrons. The third-order valence-electron chi connectivity index (χ3n) is 3.95. The molecule has 1 fully saturated rings. The number of hydrogen-bond donors (Lipinski definition) is 0. The van der Waals surface area contributed by atoms with Gasteiger partial charge in [-0.05, 0) is 38.7 Å². The van der Waals surface area contributed by atoms with Crippen LogP contribution in [-0.2, 0) is 14.3 Å². The summed E-state index contributed by atoms with van der Waals surface area (Å²) < 4.78 is 5.50. The van der Waals surface area contributed by atoms with Gasteiger partial charge in [0.05, 0.1) is 12.0 Å². The smallest absolute Gasteiger partial charge is 0.311 e. The van der Waals surface area contributed by atoms with Crippen LogP contribution in [0.1, 0.15) is 39.5 Å². The highest BCUT2D eigenvalue weighted by atomic mass is 32.2. The second-order valence-corrected chi connectivity index (χ2v) is 14.4. The van der Waals surface area contributed by atoms with Crippen molar-refractivity contribution in [1.82, 2.24) is 0 Å². The Morgan fingerprint density at radius 1 is 1.25 bits per heavy atom. The van der Waals surface area contributed by atoms with Gasteiger partial charge < -0.3 is 4.74 Å². The lowest BCUT2D eigenvalue weighted by Gasteiger charge is -2.34. The van der Waals surface area contributed by atoms with E-state index in [0.29, 0.717) is 11.9 Å². The van der Waals surface area contributed by atoms with Crippen molar-refractivity contribution in [3.8, 4) is 0 Å². The predicted octanol–water partition coefficient (Wildman–Crippen LogP) is 4.10. The molecule has 0 spiro atoms. The average Bonchev–Trinajstić information content (AvgIpc) is 2.30. The van der Waals surface area contributed by atoms with Gasteiger partial charge in [-0.25, -0.2) is 0 Å². The summed E-state index contributed by atoms with van der Waals surface area (Å²) in [6, 6.07) is 1.03. The second kappa shape index (κ2) is 7.12. The minimum Gasteiger partial charge on any atom is -0.466 e. The quantitative estimate of drug-likeness (QED) is 0.566. The largest absolute Gasteiger partial charge is 0.466 e. The molecule has 0 aromatic carbocycles. The van der Waals surface area contributed by atoms with Crippen molar-refractivity contribution in [2.24, 2.45) is 5.41 Å². The number of ether oxygens (including phenoxy) is 1. The van der Waals surface area contributed by atoms with Crippen molar-refractivity contribution in [2.75, 3.05) is 6.61 Å². The Hall–Kier alpha value is -0.293. The molecule has 0 N–H and O–H groups in total. The molecule has 0 aliphatic heterocycles. The van der Waals surface area contributed by atoms with Gasteiger partial charge in [-0.3, -0.25) is 9.59 Å². The first-order valence-electron chi connectivity index (χ1n) is 7.47. The molecular formula is C15H28O3SSi. The SMILES string of the molecule is CC(=O)SC1CCC(C)(C(=O)OCC[Si](C)(C)C)CC1. The van der Waals surface area contributed by atoms with Gasteiger partial charge in [-0.2, -0.15) is 0 Å². The number of hydrogen-bond acceptors (Lipinski definition) is 4. The van der Waals surface area contributed by atoms with E-state index in [0.717, 1.165) is 31.7 Å². The van der Waals surface area contributed by atoms with Gasteiger partial charge >= 0.3 is 5.97 Å². The van der Waals surface area contributed by atoms with Crippen molar-refractivity contribution in [2.45, 2.75) is 70.5 Å². The van der Waals surface area contributed by atoms with Crippen molar-refractivity contribution in [3.05, 3.63) is 0 Å². The van der Waals surface area contributed by atoms with E-state index >= 15 is 0 Å². The molecule has 0 bridgehead atoms. The van der Waals surface area contributed by atoms with Crippen LogP contribution in [0.4, 0.5) is 0 Å². The molecule has 1 aliphatic carbocycles. The third-order valence-corrected chi connectivity index (χ3v) is 6.79. The molecule has 1 aliphatic rings. The minimum atomic E-state index is -1.15. The van der Waals surface area contributed by atoms with Gasteiger partial charge in [0.25, 0.3) is 0 Å². The van der Waals surface area contributed by atoms with Gasteiger partial charge in [0.2, 0.25) is 0 Å². The fraction of sp³-hybridized carbons (Fsp3) is 0.867. The molecule has 1 rings (SSSR count). The lowest BCUT2D eigenvalue weighted by Crippen LogP contribution is -2.36. The van der Waals surface area contributed by atoms with Crippen LogP contribution in [0.5, 0.6) is 0 Å². The van der Waals surface area contributed by atoms with Gasteiger partial charge in [0.15, 0.2) is 5.12 Å². The Bertz CT molecular complexity index is 355. The van der Waals surface area contributed by atoms with Crippen LogP contribution >= 0.6 is 11.8 Å². The summed E-state index contributed by atoms with van der Waals surface area (Å²) >= 11 is 1.42. The highest BCUT2D eigenvalue weighted by Gasteiger charge is 2.39. The van der Waals surface area contributed by atoms with E-state index in [-0.39, 0.29) is 16.5 Å². The Morgan fingerprint density at radius 2 is 1.80 bits per heavy atom. The Balaban J connectivity index is 2.39. The van der Waals surface area contributed by atoms with Crippen LogP contribution < -0.4 is 0 Å². The lowest BCUT2D eigenvalue weighted by molar-refractivity contribution is -0.156.